The third kappa shape index (κ3) is 3.77. The van der Waals surface area contributed by atoms with E-state index in [1.807, 2.05) is 37.3 Å². The summed E-state index contributed by atoms with van der Waals surface area (Å²) in [5, 5.41) is 2.70. The van der Waals surface area contributed by atoms with Gasteiger partial charge in [0.1, 0.15) is 5.75 Å². The maximum Gasteiger partial charge on any atom is 0.217 e. The first-order chi connectivity index (χ1) is 7.63. The van der Waals surface area contributed by atoms with Crippen LogP contribution in [-0.4, -0.2) is 19.6 Å². The van der Waals surface area contributed by atoms with E-state index >= 15 is 0 Å². The molecule has 0 aliphatic rings. The van der Waals surface area contributed by atoms with Crippen LogP contribution in [0.25, 0.3) is 6.08 Å². The lowest BCUT2D eigenvalue weighted by atomic mass is 10.1. The van der Waals surface area contributed by atoms with Crippen molar-refractivity contribution in [3.8, 4) is 5.75 Å². The number of methoxy groups -OCH3 is 1. The van der Waals surface area contributed by atoms with Gasteiger partial charge < -0.3 is 10.1 Å². The topological polar surface area (TPSA) is 38.3 Å². The van der Waals surface area contributed by atoms with E-state index in [4.69, 9.17) is 4.74 Å². The summed E-state index contributed by atoms with van der Waals surface area (Å²) in [6.45, 7) is 4.06. The van der Waals surface area contributed by atoms with Crippen LogP contribution < -0.4 is 10.1 Å². The highest BCUT2D eigenvalue weighted by molar-refractivity contribution is 5.73. The largest absolute Gasteiger partial charge is 0.496 e. The molecule has 0 fully saturated rings. The highest BCUT2D eigenvalue weighted by Gasteiger charge is 1.98. The van der Waals surface area contributed by atoms with E-state index in [0.29, 0.717) is 6.54 Å². The number of carbonyl (C=O) groups excluding carboxylic acids is 1. The van der Waals surface area contributed by atoms with Crippen molar-refractivity contribution in [1.29, 1.82) is 0 Å². The summed E-state index contributed by atoms with van der Waals surface area (Å²) in [4.78, 5) is 10.7. The molecule has 0 saturated carbocycles. The first-order valence-corrected chi connectivity index (χ1v) is 5.19. The van der Waals surface area contributed by atoms with Crippen molar-refractivity contribution in [2.24, 2.45) is 0 Å². The molecular weight excluding hydrogens is 202 g/mol. The Bertz CT molecular complexity index is 397. The normalized spacial score (nSPS) is 10.4. The molecule has 0 aliphatic carbocycles. The quantitative estimate of drug-likeness (QED) is 0.842. The van der Waals surface area contributed by atoms with E-state index in [1.165, 1.54) is 6.92 Å². The fraction of sp³-hybridized carbons (Fsp3) is 0.308. The Morgan fingerprint density at radius 1 is 1.50 bits per heavy atom. The van der Waals surface area contributed by atoms with Gasteiger partial charge in [-0.3, -0.25) is 4.79 Å². The summed E-state index contributed by atoms with van der Waals surface area (Å²) in [6, 6.07) is 6.01. The molecule has 0 atom stereocenters. The number of aryl methyl sites for hydroxylation is 1. The fourth-order valence-corrected chi connectivity index (χ4v) is 1.34. The van der Waals surface area contributed by atoms with Gasteiger partial charge in [-0.25, -0.2) is 0 Å². The van der Waals surface area contributed by atoms with Crippen LogP contribution in [0, 0.1) is 6.92 Å². The van der Waals surface area contributed by atoms with Gasteiger partial charge in [0, 0.05) is 19.0 Å². The molecule has 0 bridgehead atoms. The van der Waals surface area contributed by atoms with Gasteiger partial charge in [0.2, 0.25) is 5.91 Å². The van der Waals surface area contributed by atoms with Crippen molar-refractivity contribution in [1.82, 2.24) is 5.32 Å². The molecule has 0 aliphatic heterocycles. The van der Waals surface area contributed by atoms with E-state index < -0.39 is 0 Å². The van der Waals surface area contributed by atoms with Crippen LogP contribution in [0.15, 0.2) is 24.3 Å². The second-order valence-corrected chi connectivity index (χ2v) is 3.58. The van der Waals surface area contributed by atoms with Crippen molar-refractivity contribution < 1.29 is 9.53 Å². The van der Waals surface area contributed by atoms with E-state index in [0.717, 1.165) is 16.9 Å². The number of hydrogen-bond acceptors (Lipinski definition) is 2. The number of benzene rings is 1. The van der Waals surface area contributed by atoms with E-state index in [2.05, 4.69) is 5.32 Å². The Balaban J connectivity index is 2.69. The molecule has 0 heterocycles. The van der Waals surface area contributed by atoms with Gasteiger partial charge in [-0.1, -0.05) is 24.3 Å². The summed E-state index contributed by atoms with van der Waals surface area (Å²) < 4.78 is 5.27. The van der Waals surface area contributed by atoms with Crippen molar-refractivity contribution in [3.63, 3.8) is 0 Å². The number of nitrogens with one attached hydrogen (secondary N) is 1. The van der Waals surface area contributed by atoms with Crippen molar-refractivity contribution in [2.75, 3.05) is 13.7 Å². The molecule has 1 aromatic rings. The fourth-order valence-electron chi connectivity index (χ4n) is 1.34. The molecule has 0 spiro atoms. The van der Waals surface area contributed by atoms with E-state index in [1.54, 1.807) is 7.11 Å². The first-order valence-electron chi connectivity index (χ1n) is 5.19. The molecule has 0 aromatic heterocycles. The molecule has 1 rings (SSSR count). The first kappa shape index (κ1) is 12.3. The minimum Gasteiger partial charge on any atom is -0.496 e. The minimum absolute atomic E-state index is 0.0273. The SMILES string of the molecule is COc1cc(C)ccc1C=CCNC(C)=O. The van der Waals surface area contributed by atoms with Crippen molar-refractivity contribution >= 4 is 12.0 Å². The molecule has 3 nitrogen and oxygen atoms in total. The molecule has 3 heteroatoms. The molecule has 86 valence electrons. The lowest BCUT2D eigenvalue weighted by Gasteiger charge is -2.05. The zero-order valence-corrected chi connectivity index (χ0v) is 9.91. The number of amides is 1. The van der Waals surface area contributed by atoms with E-state index in [9.17, 15) is 4.79 Å². The Hall–Kier alpha value is -1.77. The summed E-state index contributed by atoms with van der Waals surface area (Å²) in [5.41, 5.74) is 2.18. The molecular formula is C13H17NO2. The second-order valence-electron chi connectivity index (χ2n) is 3.58. The zero-order valence-electron chi connectivity index (χ0n) is 9.91. The second kappa shape index (κ2) is 5.95. The Morgan fingerprint density at radius 2 is 2.25 bits per heavy atom. The maximum absolute atomic E-state index is 10.7. The third-order valence-corrected chi connectivity index (χ3v) is 2.16. The maximum atomic E-state index is 10.7. The molecule has 0 saturated heterocycles. The Labute approximate surface area is 96.1 Å². The highest BCUT2D eigenvalue weighted by atomic mass is 16.5. The van der Waals surface area contributed by atoms with Crippen LogP contribution >= 0.6 is 0 Å². The van der Waals surface area contributed by atoms with Gasteiger partial charge in [-0.15, -0.1) is 0 Å². The monoisotopic (exact) mass is 219 g/mol. The smallest absolute Gasteiger partial charge is 0.217 e. The summed E-state index contributed by atoms with van der Waals surface area (Å²) >= 11 is 0. The lowest BCUT2D eigenvalue weighted by molar-refractivity contribution is -0.118. The third-order valence-electron chi connectivity index (χ3n) is 2.16. The predicted molar refractivity (Wildman–Crippen MR) is 65.4 cm³/mol. The average molecular weight is 219 g/mol. The van der Waals surface area contributed by atoms with Crippen LogP contribution in [0.1, 0.15) is 18.1 Å². The molecule has 1 aromatic carbocycles. The van der Waals surface area contributed by atoms with Gasteiger partial charge in [-0.2, -0.15) is 0 Å². The van der Waals surface area contributed by atoms with Gasteiger partial charge in [-0.05, 0) is 18.6 Å². The number of ether oxygens (including phenoxy) is 1. The number of carbonyl (C=O) groups is 1. The van der Waals surface area contributed by atoms with Crippen LogP contribution in [0.3, 0.4) is 0 Å². The molecule has 0 unspecified atom stereocenters. The molecule has 1 N–H and O–H groups in total. The van der Waals surface area contributed by atoms with E-state index in [-0.39, 0.29) is 5.91 Å². The van der Waals surface area contributed by atoms with Gasteiger partial charge in [0.25, 0.3) is 0 Å². The lowest BCUT2D eigenvalue weighted by Crippen LogP contribution is -2.19. The Kier molecular flexibility index (Phi) is 4.58. The van der Waals surface area contributed by atoms with Crippen LogP contribution in [0.2, 0.25) is 0 Å². The summed E-state index contributed by atoms with van der Waals surface area (Å²) in [7, 11) is 1.65. The van der Waals surface area contributed by atoms with Crippen LogP contribution in [-0.2, 0) is 4.79 Å². The highest BCUT2D eigenvalue weighted by Crippen LogP contribution is 2.20. The number of hydrogen-bond donors (Lipinski definition) is 1. The summed E-state index contributed by atoms with van der Waals surface area (Å²) in [6.07, 6.45) is 3.84. The predicted octanol–water partition coefficient (Wildman–Crippen LogP) is 2.15. The number of rotatable bonds is 4. The minimum atomic E-state index is -0.0273. The van der Waals surface area contributed by atoms with Crippen LogP contribution in [0.4, 0.5) is 0 Å². The Morgan fingerprint density at radius 3 is 2.88 bits per heavy atom. The summed E-state index contributed by atoms with van der Waals surface area (Å²) in [5.74, 6) is 0.819. The standard InChI is InChI=1S/C13H17NO2/c1-10-6-7-12(13(9-10)16-3)5-4-8-14-11(2)15/h4-7,9H,8H2,1-3H3,(H,14,15). The van der Waals surface area contributed by atoms with Gasteiger partial charge >= 0.3 is 0 Å². The van der Waals surface area contributed by atoms with Gasteiger partial charge in [0.15, 0.2) is 0 Å². The molecule has 0 radical (unpaired) electrons. The average Bonchev–Trinajstić information content (AvgIpc) is 2.25. The van der Waals surface area contributed by atoms with Crippen LogP contribution in [0.5, 0.6) is 5.75 Å². The van der Waals surface area contributed by atoms with Gasteiger partial charge in [0.05, 0.1) is 7.11 Å². The zero-order chi connectivity index (χ0) is 12.0. The molecule has 1 amide bonds. The molecule has 16 heavy (non-hydrogen) atoms. The van der Waals surface area contributed by atoms with Crippen molar-refractivity contribution in [2.45, 2.75) is 13.8 Å². The van der Waals surface area contributed by atoms with Crippen molar-refractivity contribution in [3.05, 3.63) is 35.4 Å².